The SMILES string of the molecule is CN(C)C1CCC(C)(C)N(O)C1(C)C. The highest BCUT2D eigenvalue weighted by Gasteiger charge is 2.47. The predicted molar refractivity (Wildman–Crippen MR) is 58.5 cm³/mol. The zero-order chi connectivity index (χ0) is 11.1. The van der Waals surface area contributed by atoms with Crippen molar-refractivity contribution in [3.63, 3.8) is 0 Å². The van der Waals surface area contributed by atoms with E-state index in [4.69, 9.17) is 0 Å². The van der Waals surface area contributed by atoms with Crippen molar-refractivity contribution in [2.75, 3.05) is 14.1 Å². The summed E-state index contributed by atoms with van der Waals surface area (Å²) >= 11 is 0. The number of piperidine rings is 1. The molecular weight excluding hydrogens is 176 g/mol. The van der Waals surface area contributed by atoms with Gasteiger partial charge < -0.3 is 10.1 Å². The van der Waals surface area contributed by atoms with Gasteiger partial charge in [-0.25, -0.2) is 0 Å². The molecule has 0 spiro atoms. The van der Waals surface area contributed by atoms with Gasteiger partial charge in [0.05, 0.1) is 5.54 Å². The van der Waals surface area contributed by atoms with Crippen molar-refractivity contribution in [2.45, 2.75) is 57.7 Å². The normalized spacial score (nSPS) is 32.1. The van der Waals surface area contributed by atoms with Gasteiger partial charge in [-0.05, 0) is 54.6 Å². The van der Waals surface area contributed by atoms with E-state index in [0.29, 0.717) is 6.04 Å². The lowest BCUT2D eigenvalue weighted by Gasteiger charge is -2.54. The fraction of sp³-hybridized carbons (Fsp3) is 1.00. The number of hydrogen-bond donors (Lipinski definition) is 1. The van der Waals surface area contributed by atoms with Gasteiger partial charge in [0.1, 0.15) is 0 Å². The summed E-state index contributed by atoms with van der Waals surface area (Å²) in [6.07, 6.45) is 2.18. The average Bonchev–Trinajstić information content (AvgIpc) is 1.99. The Bertz CT molecular complexity index is 207. The van der Waals surface area contributed by atoms with E-state index in [-0.39, 0.29) is 11.1 Å². The highest BCUT2D eigenvalue weighted by molar-refractivity contribution is 5.00. The second-order valence-corrected chi connectivity index (χ2v) is 5.80. The zero-order valence-corrected chi connectivity index (χ0v) is 10.3. The number of rotatable bonds is 1. The first-order valence-electron chi connectivity index (χ1n) is 5.35. The largest absolute Gasteiger partial charge is 0.313 e. The van der Waals surface area contributed by atoms with Gasteiger partial charge in [-0.2, -0.15) is 5.06 Å². The van der Waals surface area contributed by atoms with Gasteiger partial charge >= 0.3 is 0 Å². The topological polar surface area (TPSA) is 26.7 Å². The van der Waals surface area contributed by atoms with E-state index in [1.165, 1.54) is 5.06 Å². The molecule has 1 fully saturated rings. The fourth-order valence-corrected chi connectivity index (χ4v) is 2.76. The van der Waals surface area contributed by atoms with Crippen molar-refractivity contribution >= 4 is 0 Å². The standard InChI is InChI=1S/C11H24N2O/c1-10(2)8-7-9(12(5)6)11(3,4)13(10)14/h9,14H,7-8H2,1-6H3. The Morgan fingerprint density at radius 2 is 1.71 bits per heavy atom. The summed E-state index contributed by atoms with van der Waals surface area (Å²) in [6, 6.07) is 0.417. The van der Waals surface area contributed by atoms with E-state index in [1.54, 1.807) is 0 Å². The minimum Gasteiger partial charge on any atom is -0.313 e. The fourth-order valence-electron chi connectivity index (χ4n) is 2.76. The van der Waals surface area contributed by atoms with E-state index < -0.39 is 0 Å². The van der Waals surface area contributed by atoms with Crippen LogP contribution in [0.3, 0.4) is 0 Å². The molecule has 1 heterocycles. The van der Waals surface area contributed by atoms with E-state index in [0.717, 1.165) is 12.8 Å². The van der Waals surface area contributed by atoms with Crippen LogP contribution in [0.2, 0.25) is 0 Å². The lowest BCUT2D eigenvalue weighted by Crippen LogP contribution is -2.66. The van der Waals surface area contributed by atoms with Gasteiger partial charge in [0, 0.05) is 11.6 Å². The molecule has 0 aromatic carbocycles. The van der Waals surface area contributed by atoms with Crippen molar-refractivity contribution in [1.82, 2.24) is 9.96 Å². The summed E-state index contributed by atoms with van der Waals surface area (Å²) in [5.41, 5.74) is -0.277. The summed E-state index contributed by atoms with van der Waals surface area (Å²) < 4.78 is 0. The Hall–Kier alpha value is -0.120. The molecule has 1 rings (SSSR count). The molecule has 1 N–H and O–H groups in total. The minimum atomic E-state index is -0.175. The lowest BCUT2D eigenvalue weighted by molar-refractivity contribution is -0.258. The molecule has 0 bridgehead atoms. The van der Waals surface area contributed by atoms with Crippen molar-refractivity contribution in [2.24, 2.45) is 0 Å². The molecule has 0 aromatic heterocycles. The molecule has 1 aliphatic rings. The van der Waals surface area contributed by atoms with Crippen LogP contribution in [0.25, 0.3) is 0 Å². The van der Waals surface area contributed by atoms with Crippen molar-refractivity contribution in [1.29, 1.82) is 0 Å². The van der Waals surface area contributed by atoms with E-state index >= 15 is 0 Å². The van der Waals surface area contributed by atoms with Crippen LogP contribution in [0.15, 0.2) is 0 Å². The van der Waals surface area contributed by atoms with Crippen LogP contribution in [0.4, 0.5) is 0 Å². The first-order valence-corrected chi connectivity index (χ1v) is 5.35. The van der Waals surface area contributed by atoms with Crippen molar-refractivity contribution < 1.29 is 5.21 Å². The van der Waals surface area contributed by atoms with E-state index in [9.17, 15) is 5.21 Å². The summed E-state index contributed by atoms with van der Waals surface area (Å²) in [6.45, 7) is 8.42. The molecule has 1 aliphatic heterocycles. The second kappa shape index (κ2) is 3.47. The lowest BCUT2D eigenvalue weighted by atomic mass is 9.78. The van der Waals surface area contributed by atoms with E-state index in [2.05, 4.69) is 46.7 Å². The molecule has 1 atom stereocenters. The summed E-state index contributed by atoms with van der Waals surface area (Å²) in [7, 11) is 4.16. The quantitative estimate of drug-likeness (QED) is 0.701. The summed E-state index contributed by atoms with van der Waals surface area (Å²) in [5, 5.41) is 11.7. The monoisotopic (exact) mass is 200 g/mol. The molecule has 14 heavy (non-hydrogen) atoms. The highest BCUT2D eigenvalue weighted by atomic mass is 16.5. The Kier molecular flexibility index (Phi) is 2.96. The third kappa shape index (κ3) is 1.81. The van der Waals surface area contributed by atoms with Gasteiger partial charge in [0.15, 0.2) is 0 Å². The van der Waals surface area contributed by atoms with Gasteiger partial charge in [-0.15, -0.1) is 0 Å². The number of hydrogen-bond acceptors (Lipinski definition) is 3. The van der Waals surface area contributed by atoms with Crippen LogP contribution >= 0.6 is 0 Å². The highest BCUT2D eigenvalue weighted by Crippen LogP contribution is 2.38. The Labute approximate surface area is 87.7 Å². The van der Waals surface area contributed by atoms with Crippen molar-refractivity contribution in [3.8, 4) is 0 Å². The minimum absolute atomic E-state index is 0.101. The number of nitrogens with zero attached hydrogens (tertiary/aromatic N) is 2. The van der Waals surface area contributed by atoms with Crippen LogP contribution in [-0.4, -0.2) is 46.4 Å². The van der Waals surface area contributed by atoms with E-state index in [1.807, 2.05) is 0 Å². The molecule has 84 valence electrons. The van der Waals surface area contributed by atoms with Crippen LogP contribution in [0, 0.1) is 0 Å². The first-order chi connectivity index (χ1) is 6.19. The third-order valence-electron chi connectivity index (χ3n) is 3.59. The maximum absolute atomic E-state index is 10.2. The molecule has 1 saturated heterocycles. The van der Waals surface area contributed by atoms with Crippen molar-refractivity contribution in [3.05, 3.63) is 0 Å². The molecule has 0 aliphatic carbocycles. The van der Waals surface area contributed by atoms with Crippen LogP contribution < -0.4 is 0 Å². The molecule has 0 radical (unpaired) electrons. The molecule has 0 saturated carbocycles. The van der Waals surface area contributed by atoms with Gasteiger partial charge in [0.2, 0.25) is 0 Å². The first kappa shape index (κ1) is 12.0. The molecule has 3 nitrogen and oxygen atoms in total. The molecule has 3 heteroatoms. The average molecular weight is 200 g/mol. The Morgan fingerprint density at radius 1 is 1.21 bits per heavy atom. The third-order valence-corrected chi connectivity index (χ3v) is 3.59. The van der Waals surface area contributed by atoms with Gasteiger partial charge in [-0.3, -0.25) is 0 Å². The van der Waals surface area contributed by atoms with Crippen LogP contribution in [-0.2, 0) is 0 Å². The summed E-state index contributed by atoms with van der Waals surface area (Å²) in [4.78, 5) is 2.21. The van der Waals surface area contributed by atoms with Gasteiger partial charge in [-0.1, -0.05) is 0 Å². The maximum atomic E-state index is 10.2. The number of likely N-dealkylation sites (N-methyl/N-ethyl adjacent to an activating group) is 1. The summed E-state index contributed by atoms with van der Waals surface area (Å²) in [5.74, 6) is 0. The maximum Gasteiger partial charge on any atom is 0.0564 e. The molecule has 0 aromatic rings. The van der Waals surface area contributed by atoms with Crippen LogP contribution in [0.5, 0.6) is 0 Å². The Morgan fingerprint density at radius 3 is 2.14 bits per heavy atom. The Balaban J connectivity index is 2.91. The van der Waals surface area contributed by atoms with Gasteiger partial charge in [0.25, 0.3) is 0 Å². The zero-order valence-electron chi connectivity index (χ0n) is 10.3. The molecule has 0 amide bonds. The molecular formula is C11H24N2O. The van der Waals surface area contributed by atoms with Crippen LogP contribution in [0.1, 0.15) is 40.5 Å². The molecule has 1 unspecified atom stereocenters. The predicted octanol–water partition coefficient (Wildman–Crippen LogP) is 1.96. The smallest absolute Gasteiger partial charge is 0.0564 e. The number of hydroxylamine groups is 2. The second-order valence-electron chi connectivity index (χ2n) is 5.80.